The first-order chi connectivity index (χ1) is 8.67. The van der Waals surface area contributed by atoms with E-state index in [-0.39, 0.29) is 5.82 Å². The summed E-state index contributed by atoms with van der Waals surface area (Å²) >= 11 is 8.83. The molecular weight excluding hydrogens is 379 g/mol. The minimum absolute atomic E-state index is 0.170. The summed E-state index contributed by atoms with van der Waals surface area (Å²) in [6.45, 7) is 0. The van der Waals surface area contributed by atoms with Gasteiger partial charge >= 0.3 is 0 Å². The van der Waals surface area contributed by atoms with Crippen molar-refractivity contribution < 1.29 is 4.39 Å². The van der Waals surface area contributed by atoms with Gasteiger partial charge in [-0.3, -0.25) is 0 Å². The summed E-state index contributed by atoms with van der Waals surface area (Å²) in [7, 11) is 0. The Hall–Kier alpha value is -0.190. The Morgan fingerprint density at radius 2 is 1.89 bits per heavy atom. The van der Waals surface area contributed by atoms with Crippen LogP contribution in [0.3, 0.4) is 0 Å². The summed E-state index contributed by atoms with van der Waals surface area (Å²) in [6.07, 6.45) is 2.03. The van der Waals surface area contributed by atoms with Crippen molar-refractivity contribution in [1.29, 1.82) is 0 Å². The van der Waals surface area contributed by atoms with Gasteiger partial charge in [0, 0.05) is 20.1 Å². The Balaban J connectivity index is 1.99. The molecule has 0 radical (unpaired) electrons. The molecule has 1 aromatic heterocycles. The van der Waals surface area contributed by atoms with E-state index in [4.69, 9.17) is 0 Å². The fraction of sp³-hybridized carbons (Fsp3) is 0.286. The van der Waals surface area contributed by atoms with Crippen molar-refractivity contribution in [3.05, 3.63) is 56.4 Å². The van der Waals surface area contributed by atoms with E-state index in [9.17, 15) is 4.39 Å². The minimum Gasteiger partial charge on any atom is -0.207 e. The third-order valence-electron chi connectivity index (χ3n) is 2.77. The Kier molecular flexibility index (Phi) is 5.39. The van der Waals surface area contributed by atoms with Crippen LogP contribution in [0, 0.1) is 11.7 Å². The highest BCUT2D eigenvalue weighted by molar-refractivity contribution is 9.10. The molecule has 0 saturated heterocycles. The predicted molar refractivity (Wildman–Crippen MR) is 83.1 cm³/mol. The van der Waals surface area contributed by atoms with Crippen molar-refractivity contribution in [1.82, 2.24) is 0 Å². The fourth-order valence-electron chi connectivity index (χ4n) is 1.88. The van der Waals surface area contributed by atoms with Gasteiger partial charge in [-0.1, -0.05) is 28.1 Å². The van der Waals surface area contributed by atoms with Crippen LogP contribution < -0.4 is 0 Å². The molecule has 2 aromatic rings. The third kappa shape index (κ3) is 4.18. The van der Waals surface area contributed by atoms with Crippen LogP contribution >= 0.6 is 43.2 Å². The van der Waals surface area contributed by atoms with Gasteiger partial charge < -0.3 is 0 Å². The first-order valence-electron chi connectivity index (χ1n) is 5.70. The van der Waals surface area contributed by atoms with Crippen molar-refractivity contribution in [3.8, 4) is 0 Å². The number of thiophene rings is 1. The molecule has 0 amide bonds. The summed E-state index contributed by atoms with van der Waals surface area (Å²) < 4.78 is 14.0. The second kappa shape index (κ2) is 6.83. The van der Waals surface area contributed by atoms with Crippen LogP contribution in [0.4, 0.5) is 4.39 Å². The van der Waals surface area contributed by atoms with Crippen LogP contribution in [0.5, 0.6) is 0 Å². The summed E-state index contributed by atoms with van der Waals surface area (Å²) in [5.74, 6) is 0.373. The Bertz CT molecular complexity index is 493. The predicted octanol–water partition coefficient (Wildman–Crippen LogP) is 5.45. The molecule has 0 bridgehead atoms. The second-order valence-corrected chi connectivity index (χ2v) is 6.85. The zero-order valence-electron chi connectivity index (χ0n) is 9.70. The maximum absolute atomic E-state index is 12.8. The van der Waals surface area contributed by atoms with Crippen LogP contribution in [-0.2, 0) is 12.8 Å². The van der Waals surface area contributed by atoms with E-state index in [2.05, 4.69) is 43.3 Å². The third-order valence-corrected chi connectivity index (χ3v) is 5.40. The largest absolute Gasteiger partial charge is 0.207 e. The topological polar surface area (TPSA) is 0 Å². The molecule has 0 fully saturated rings. The van der Waals surface area contributed by atoms with Gasteiger partial charge in [0.25, 0.3) is 0 Å². The zero-order valence-corrected chi connectivity index (χ0v) is 13.7. The molecule has 0 aliphatic heterocycles. The van der Waals surface area contributed by atoms with Crippen LogP contribution in [0.15, 0.2) is 40.2 Å². The maximum Gasteiger partial charge on any atom is 0.123 e. The van der Waals surface area contributed by atoms with Crippen molar-refractivity contribution >= 4 is 43.2 Å². The highest BCUT2D eigenvalue weighted by atomic mass is 79.9. The maximum atomic E-state index is 12.8. The molecule has 4 heteroatoms. The molecule has 0 spiro atoms. The van der Waals surface area contributed by atoms with Crippen molar-refractivity contribution in [2.45, 2.75) is 12.8 Å². The van der Waals surface area contributed by atoms with Gasteiger partial charge in [-0.25, -0.2) is 4.39 Å². The molecule has 0 saturated carbocycles. The summed E-state index contributed by atoms with van der Waals surface area (Å²) in [5.41, 5.74) is 1.19. The molecule has 0 nitrogen and oxygen atoms in total. The molecule has 0 N–H and O–H groups in total. The van der Waals surface area contributed by atoms with Gasteiger partial charge in [-0.15, -0.1) is 11.3 Å². The fourth-order valence-corrected chi connectivity index (χ4v) is 3.91. The number of rotatable bonds is 5. The molecule has 18 heavy (non-hydrogen) atoms. The Morgan fingerprint density at radius 1 is 1.17 bits per heavy atom. The van der Waals surface area contributed by atoms with Crippen molar-refractivity contribution in [2.75, 3.05) is 5.33 Å². The standard InChI is InChI=1S/C14H13Br2FS/c15-8-11(6-14-7-12(16)9-18-14)5-10-1-3-13(17)4-2-10/h1-4,7,9,11H,5-6,8H2. The zero-order chi connectivity index (χ0) is 13.0. The van der Waals surface area contributed by atoms with Gasteiger partial charge in [-0.05, 0) is 58.5 Å². The molecule has 1 heterocycles. The number of hydrogen-bond acceptors (Lipinski definition) is 1. The molecule has 0 aliphatic rings. The summed E-state index contributed by atoms with van der Waals surface area (Å²) in [5, 5.41) is 3.07. The SMILES string of the molecule is Fc1ccc(CC(CBr)Cc2cc(Br)cs2)cc1. The monoisotopic (exact) mass is 390 g/mol. The van der Waals surface area contributed by atoms with E-state index in [1.54, 1.807) is 11.3 Å². The lowest BCUT2D eigenvalue weighted by molar-refractivity contribution is 0.592. The second-order valence-electron chi connectivity index (χ2n) is 4.29. The Morgan fingerprint density at radius 3 is 2.44 bits per heavy atom. The van der Waals surface area contributed by atoms with Crippen LogP contribution in [0.1, 0.15) is 10.4 Å². The van der Waals surface area contributed by atoms with Gasteiger partial charge in [-0.2, -0.15) is 0 Å². The lowest BCUT2D eigenvalue weighted by Gasteiger charge is -2.13. The normalized spacial score (nSPS) is 12.6. The van der Waals surface area contributed by atoms with Crippen LogP contribution in [0.25, 0.3) is 0 Å². The van der Waals surface area contributed by atoms with E-state index in [0.29, 0.717) is 5.92 Å². The molecule has 96 valence electrons. The highest BCUT2D eigenvalue weighted by Crippen LogP contribution is 2.24. The van der Waals surface area contributed by atoms with E-state index >= 15 is 0 Å². The van der Waals surface area contributed by atoms with Gasteiger partial charge in [0.15, 0.2) is 0 Å². The number of alkyl halides is 1. The average Bonchev–Trinajstić information content (AvgIpc) is 2.77. The van der Waals surface area contributed by atoms with Gasteiger partial charge in [0.2, 0.25) is 0 Å². The number of hydrogen-bond donors (Lipinski definition) is 0. The molecule has 0 aliphatic carbocycles. The van der Waals surface area contributed by atoms with Gasteiger partial charge in [0.05, 0.1) is 0 Å². The molecule has 1 unspecified atom stereocenters. The highest BCUT2D eigenvalue weighted by Gasteiger charge is 2.11. The molecule has 2 rings (SSSR count). The Labute approximate surface area is 127 Å². The molecule has 1 aromatic carbocycles. The molecule has 1 atom stereocenters. The van der Waals surface area contributed by atoms with E-state index < -0.39 is 0 Å². The summed E-state index contributed by atoms with van der Waals surface area (Å²) in [4.78, 5) is 1.38. The summed E-state index contributed by atoms with van der Waals surface area (Å²) in [6, 6.07) is 8.97. The molecular formula is C14H13Br2FS. The number of benzene rings is 1. The lowest BCUT2D eigenvalue weighted by Crippen LogP contribution is -2.09. The smallest absolute Gasteiger partial charge is 0.123 e. The van der Waals surface area contributed by atoms with Crippen molar-refractivity contribution in [2.24, 2.45) is 5.92 Å². The first kappa shape index (κ1) is 14.2. The van der Waals surface area contributed by atoms with Crippen LogP contribution in [0.2, 0.25) is 0 Å². The first-order valence-corrected chi connectivity index (χ1v) is 8.50. The van der Waals surface area contributed by atoms with E-state index in [0.717, 1.165) is 22.6 Å². The van der Waals surface area contributed by atoms with Crippen molar-refractivity contribution in [3.63, 3.8) is 0 Å². The lowest BCUT2D eigenvalue weighted by atomic mass is 9.97. The van der Waals surface area contributed by atoms with Gasteiger partial charge in [0.1, 0.15) is 5.82 Å². The minimum atomic E-state index is -0.170. The number of halogens is 3. The average molecular weight is 392 g/mol. The van der Waals surface area contributed by atoms with E-state index in [1.165, 1.54) is 22.6 Å². The van der Waals surface area contributed by atoms with E-state index in [1.807, 2.05) is 12.1 Å². The van der Waals surface area contributed by atoms with Crippen LogP contribution in [-0.4, -0.2) is 5.33 Å². The quantitative estimate of drug-likeness (QED) is 0.594.